The second kappa shape index (κ2) is 6.66. The monoisotopic (exact) mass is 394 g/mol. The van der Waals surface area contributed by atoms with E-state index in [1.54, 1.807) is 19.0 Å². The molecule has 2 heterocycles. The van der Waals surface area contributed by atoms with Gasteiger partial charge in [-0.1, -0.05) is 13.8 Å². The molecule has 0 aromatic carbocycles. The lowest BCUT2D eigenvalue weighted by atomic mass is 9.64. The Morgan fingerprint density at radius 1 is 1.18 bits per heavy atom. The Bertz CT molecular complexity index is 908. The maximum atomic E-state index is 13.1. The van der Waals surface area contributed by atoms with E-state index in [0.29, 0.717) is 11.3 Å². The number of aliphatic hydroxyl groups excluding tert-OH is 2. The standard InChI is InChI=1S/C19H30N4O5/c1-8(2)12-9(17(27)23(21-12)19(3,4)5)10-13(24)11(14(10)25)15-16(26)20-18(28-15)22(6)7/h8,10-11,13-14,21,24-26H,1-7H3. The fraction of sp³-hybridized carbons (Fsp3) is 0.684. The molecule has 4 N–H and O–H groups in total. The first-order valence-electron chi connectivity index (χ1n) is 9.44. The maximum Gasteiger partial charge on any atom is 0.300 e. The van der Waals surface area contributed by atoms with Gasteiger partial charge in [-0.3, -0.25) is 9.89 Å². The Morgan fingerprint density at radius 2 is 1.75 bits per heavy atom. The van der Waals surface area contributed by atoms with E-state index in [9.17, 15) is 20.1 Å². The van der Waals surface area contributed by atoms with Crippen LogP contribution in [0, 0.1) is 0 Å². The molecule has 1 fully saturated rings. The average molecular weight is 394 g/mol. The van der Waals surface area contributed by atoms with Crippen LogP contribution < -0.4 is 10.5 Å². The smallest absolute Gasteiger partial charge is 0.300 e. The molecule has 1 aliphatic carbocycles. The number of aliphatic hydroxyl groups is 2. The molecule has 0 bridgehead atoms. The molecule has 0 amide bonds. The van der Waals surface area contributed by atoms with Crippen LogP contribution in [0.4, 0.5) is 6.01 Å². The molecule has 156 valence electrons. The highest BCUT2D eigenvalue weighted by atomic mass is 16.4. The quantitative estimate of drug-likeness (QED) is 0.617. The van der Waals surface area contributed by atoms with Gasteiger partial charge in [0.2, 0.25) is 0 Å². The highest BCUT2D eigenvalue weighted by Crippen LogP contribution is 2.51. The second-order valence-corrected chi connectivity index (χ2v) is 9.02. The van der Waals surface area contributed by atoms with Crippen molar-refractivity contribution >= 4 is 6.01 Å². The van der Waals surface area contributed by atoms with Crippen LogP contribution in [0.25, 0.3) is 0 Å². The molecule has 1 aliphatic rings. The molecule has 28 heavy (non-hydrogen) atoms. The number of nitrogens with zero attached hydrogens (tertiary/aromatic N) is 3. The number of anilines is 1. The number of hydrogen-bond donors (Lipinski definition) is 4. The van der Waals surface area contributed by atoms with Crippen molar-refractivity contribution in [3.8, 4) is 5.88 Å². The number of aromatic nitrogens is 3. The lowest BCUT2D eigenvalue weighted by molar-refractivity contribution is -0.0863. The molecular weight excluding hydrogens is 364 g/mol. The molecule has 0 radical (unpaired) electrons. The van der Waals surface area contributed by atoms with Crippen molar-refractivity contribution in [3.63, 3.8) is 0 Å². The molecule has 2 aromatic heterocycles. The van der Waals surface area contributed by atoms with Crippen molar-refractivity contribution in [2.24, 2.45) is 0 Å². The molecule has 3 rings (SSSR count). The third-order valence-electron chi connectivity index (χ3n) is 5.32. The third-order valence-corrected chi connectivity index (χ3v) is 5.32. The largest absolute Gasteiger partial charge is 0.491 e. The molecule has 2 aromatic rings. The first-order chi connectivity index (χ1) is 12.9. The second-order valence-electron chi connectivity index (χ2n) is 9.02. The van der Waals surface area contributed by atoms with Crippen LogP contribution in [-0.4, -0.2) is 56.4 Å². The Hall–Kier alpha value is -2.26. The molecule has 9 heteroatoms. The van der Waals surface area contributed by atoms with Gasteiger partial charge in [-0.05, 0) is 26.7 Å². The van der Waals surface area contributed by atoms with E-state index in [-0.39, 0.29) is 29.1 Å². The third kappa shape index (κ3) is 3.02. The summed E-state index contributed by atoms with van der Waals surface area (Å²) in [4.78, 5) is 18.6. The van der Waals surface area contributed by atoms with Gasteiger partial charge in [0.1, 0.15) is 0 Å². The maximum absolute atomic E-state index is 13.1. The van der Waals surface area contributed by atoms with Crippen molar-refractivity contribution < 1.29 is 19.7 Å². The Kier molecular flexibility index (Phi) is 4.87. The van der Waals surface area contributed by atoms with Crippen LogP contribution in [0.5, 0.6) is 5.88 Å². The van der Waals surface area contributed by atoms with Gasteiger partial charge < -0.3 is 24.6 Å². The van der Waals surface area contributed by atoms with Gasteiger partial charge in [0, 0.05) is 31.3 Å². The average Bonchev–Trinajstić information content (AvgIpc) is 3.09. The molecular formula is C19H30N4O5. The predicted molar refractivity (Wildman–Crippen MR) is 104 cm³/mol. The van der Waals surface area contributed by atoms with Crippen molar-refractivity contribution in [2.45, 2.75) is 70.1 Å². The van der Waals surface area contributed by atoms with Crippen molar-refractivity contribution in [1.29, 1.82) is 0 Å². The van der Waals surface area contributed by atoms with Gasteiger partial charge in [-0.2, -0.15) is 4.98 Å². The van der Waals surface area contributed by atoms with Crippen LogP contribution in [-0.2, 0) is 5.54 Å². The molecule has 0 saturated heterocycles. The molecule has 0 aliphatic heterocycles. The van der Waals surface area contributed by atoms with E-state index in [2.05, 4.69) is 10.1 Å². The highest BCUT2D eigenvalue weighted by molar-refractivity contribution is 5.40. The van der Waals surface area contributed by atoms with Gasteiger partial charge in [0.15, 0.2) is 5.76 Å². The number of H-pyrrole nitrogens is 1. The number of hydrogen-bond acceptors (Lipinski definition) is 7. The molecule has 9 nitrogen and oxygen atoms in total. The fourth-order valence-electron chi connectivity index (χ4n) is 3.78. The lowest BCUT2D eigenvalue weighted by Crippen LogP contribution is -2.53. The minimum Gasteiger partial charge on any atom is -0.491 e. The SMILES string of the molecule is CC(C)c1[nH]n(C(C)(C)C)c(=O)c1C1C(O)C(c2oc(N(C)C)nc2O)C1O. The van der Waals surface area contributed by atoms with Crippen LogP contribution >= 0.6 is 0 Å². The summed E-state index contributed by atoms with van der Waals surface area (Å²) in [5.41, 5.74) is 0.348. The van der Waals surface area contributed by atoms with Crippen molar-refractivity contribution in [2.75, 3.05) is 19.0 Å². The fourth-order valence-corrected chi connectivity index (χ4v) is 3.78. The summed E-state index contributed by atoms with van der Waals surface area (Å²) in [6, 6.07) is 0.176. The summed E-state index contributed by atoms with van der Waals surface area (Å²) < 4.78 is 7.05. The van der Waals surface area contributed by atoms with Gasteiger partial charge in [0.25, 0.3) is 17.5 Å². The lowest BCUT2D eigenvalue weighted by Gasteiger charge is -2.44. The highest BCUT2D eigenvalue weighted by Gasteiger charge is 2.55. The number of oxazole rings is 1. The normalized spacial score (nSPS) is 25.2. The van der Waals surface area contributed by atoms with E-state index in [1.807, 2.05) is 34.6 Å². The number of rotatable bonds is 4. The summed E-state index contributed by atoms with van der Waals surface area (Å²) >= 11 is 0. The first kappa shape index (κ1) is 20.5. The number of aromatic hydroxyl groups is 1. The minimum absolute atomic E-state index is 0.00350. The van der Waals surface area contributed by atoms with E-state index >= 15 is 0 Å². The summed E-state index contributed by atoms with van der Waals surface area (Å²) in [7, 11) is 3.41. The summed E-state index contributed by atoms with van der Waals surface area (Å²) in [6.07, 6.45) is -2.17. The van der Waals surface area contributed by atoms with E-state index in [4.69, 9.17) is 4.42 Å². The zero-order chi connectivity index (χ0) is 21.1. The molecule has 0 spiro atoms. The molecule has 2 unspecified atom stereocenters. The van der Waals surface area contributed by atoms with Gasteiger partial charge in [0.05, 0.1) is 23.7 Å². The van der Waals surface area contributed by atoms with Gasteiger partial charge in [-0.15, -0.1) is 0 Å². The van der Waals surface area contributed by atoms with Crippen LogP contribution in [0.2, 0.25) is 0 Å². The van der Waals surface area contributed by atoms with Gasteiger partial charge in [-0.25, -0.2) is 4.68 Å². The zero-order valence-corrected chi connectivity index (χ0v) is 17.4. The van der Waals surface area contributed by atoms with Crippen LogP contribution in [0.15, 0.2) is 9.21 Å². The number of nitrogens with one attached hydrogen (secondary N) is 1. The summed E-state index contributed by atoms with van der Waals surface area (Å²) in [5, 5.41) is 34.9. The van der Waals surface area contributed by atoms with Crippen LogP contribution in [0.3, 0.4) is 0 Å². The van der Waals surface area contributed by atoms with Crippen molar-refractivity contribution in [3.05, 3.63) is 27.4 Å². The summed E-state index contributed by atoms with van der Waals surface area (Å²) in [5.74, 6) is -1.97. The molecule has 2 atom stereocenters. The van der Waals surface area contributed by atoms with E-state index in [0.717, 1.165) is 0 Å². The Labute approximate surface area is 163 Å². The van der Waals surface area contributed by atoms with E-state index < -0.39 is 29.6 Å². The Balaban J connectivity index is 2.02. The minimum atomic E-state index is -1.08. The summed E-state index contributed by atoms with van der Waals surface area (Å²) in [6.45, 7) is 9.62. The van der Waals surface area contributed by atoms with E-state index in [1.165, 1.54) is 4.68 Å². The predicted octanol–water partition coefficient (Wildman–Crippen LogP) is 1.42. The first-order valence-corrected chi connectivity index (χ1v) is 9.44. The Morgan fingerprint density at radius 3 is 2.18 bits per heavy atom. The number of aromatic amines is 1. The molecule has 1 saturated carbocycles. The van der Waals surface area contributed by atoms with Crippen LogP contribution in [0.1, 0.15) is 69.4 Å². The van der Waals surface area contributed by atoms with Gasteiger partial charge >= 0.3 is 0 Å². The topological polar surface area (TPSA) is 128 Å². The van der Waals surface area contributed by atoms with Crippen molar-refractivity contribution in [1.82, 2.24) is 14.8 Å². The zero-order valence-electron chi connectivity index (χ0n) is 17.4.